The van der Waals surface area contributed by atoms with Gasteiger partial charge in [0.2, 0.25) is 5.89 Å². The van der Waals surface area contributed by atoms with Crippen LogP contribution in [0.5, 0.6) is 11.5 Å². The number of hydrogen-bond acceptors (Lipinski definition) is 7. The SMILES string of the molecule is Cc1oc(-c2ccc(-c3ccccc3)cc2)nc1CCOc1ccc(OC(C)(C)C(=O)OCCN2CCCCC2)cc1. The minimum absolute atomic E-state index is 0.366. The van der Waals surface area contributed by atoms with E-state index in [0.717, 1.165) is 42.2 Å². The van der Waals surface area contributed by atoms with Crippen molar-refractivity contribution >= 4 is 5.97 Å². The molecule has 7 nitrogen and oxygen atoms in total. The third-order valence-corrected chi connectivity index (χ3v) is 7.52. The van der Waals surface area contributed by atoms with Crippen molar-refractivity contribution in [3.63, 3.8) is 0 Å². The van der Waals surface area contributed by atoms with Crippen LogP contribution in [-0.4, -0.2) is 54.3 Å². The van der Waals surface area contributed by atoms with Crippen LogP contribution in [0.4, 0.5) is 0 Å². The highest BCUT2D eigenvalue weighted by Crippen LogP contribution is 2.27. The van der Waals surface area contributed by atoms with Crippen molar-refractivity contribution in [1.29, 1.82) is 0 Å². The number of esters is 1. The van der Waals surface area contributed by atoms with E-state index >= 15 is 0 Å². The van der Waals surface area contributed by atoms with Crippen LogP contribution in [0, 0.1) is 6.92 Å². The molecule has 0 atom stereocenters. The number of benzene rings is 3. The molecule has 1 aromatic heterocycles. The first kappa shape index (κ1) is 29.4. The van der Waals surface area contributed by atoms with Gasteiger partial charge < -0.3 is 18.6 Å². The van der Waals surface area contributed by atoms with Gasteiger partial charge in [0.05, 0.1) is 12.3 Å². The van der Waals surface area contributed by atoms with Crippen LogP contribution in [-0.2, 0) is 16.0 Å². The van der Waals surface area contributed by atoms with Gasteiger partial charge in [0.1, 0.15) is 23.9 Å². The Hall–Kier alpha value is -4.10. The topological polar surface area (TPSA) is 74.0 Å². The Bertz CT molecular complexity index is 1420. The molecule has 3 aromatic carbocycles. The van der Waals surface area contributed by atoms with Gasteiger partial charge >= 0.3 is 5.97 Å². The van der Waals surface area contributed by atoms with Crippen molar-refractivity contribution in [3.05, 3.63) is 90.3 Å². The van der Waals surface area contributed by atoms with E-state index in [0.29, 0.717) is 37.0 Å². The van der Waals surface area contributed by atoms with Crippen molar-refractivity contribution in [2.24, 2.45) is 0 Å². The molecule has 0 unspecified atom stereocenters. The van der Waals surface area contributed by atoms with Gasteiger partial charge in [-0.15, -0.1) is 0 Å². The lowest BCUT2D eigenvalue weighted by atomic mass is 10.0. The molecule has 0 saturated carbocycles. The van der Waals surface area contributed by atoms with Crippen molar-refractivity contribution in [2.75, 3.05) is 32.8 Å². The molecule has 0 radical (unpaired) electrons. The molecule has 1 saturated heterocycles. The Labute approximate surface area is 248 Å². The number of rotatable bonds is 12. The van der Waals surface area contributed by atoms with Gasteiger partial charge in [0, 0.05) is 18.5 Å². The number of oxazole rings is 1. The van der Waals surface area contributed by atoms with E-state index in [9.17, 15) is 4.79 Å². The maximum absolute atomic E-state index is 12.6. The van der Waals surface area contributed by atoms with E-state index in [-0.39, 0.29) is 5.97 Å². The molecular weight excluding hydrogens is 528 g/mol. The lowest BCUT2D eigenvalue weighted by Crippen LogP contribution is -2.41. The summed E-state index contributed by atoms with van der Waals surface area (Å²) in [6, 6.07) is 25.8. The predicted molar refractivity (Wildman–Crippen MR) is 164 cm³/mol. The highest BCUT2D eigenvalue weighted by Gasteiger charge is 2.32. The fourth-order valence-electron chi connectivity index (χ4n) is 5.05. The van der Waals surface area contributed by atoms with Gasteiger partial charge in [-0.1, -0.05) is 48.9 Å². The lowest BCUT2D eigenvalue weighted by molar-refractivity contribution is -0.159. The van der Waals surface area contributed by atoms with Crippen LogP contribution in [0.2, 0.25) is 0 Å². The number of carbonyl (C=O) groups excluding carboxylic acids is 1. The van der Waals surface area contributed by atoms with Gasteiger partial charge in [-0.05, 0) is 94.2 Å². The Balaban J connectivity index is 1.08. The number of carbonyl (C=O) groups is 1. The lowest BCUT2D eigenvalue weighted by Gasteiger charge is -2.28. The molecule has 1 aliphatic rings. The van der Waals surface area contributed by atoms with Gasteiger partial charge in [-0.25, -0.2) is 9.78 Å². The highest BCUT2D eigenvalue weighted by molar-refractivity contribution is 5.79. The summed E-state index contributed by atoms with van der Waals surface area (Å²) in [6.45, 7) is 9.14. The minimum atomic E-state index is -1.09. The summed E-state index contributed by atoms with van der Waals surface area (Å²) in [7, 11) is 0. The minimum Gasteiger partial charge on any atom is -0.493 e. The number of nitrogens with zero attached hydrogens (tertiary/aromatic N) is 2. The van der Waals surface area contributed by atoms with E-state index in [1.54, 1.807) is 26.0 Å². The molecular formula is C35H40N2O5. The molecule has 220 valence electrons. The Morgan fingerprint density at radius 1 is 0.833 bits per heavy atom. The average Bonchev–Trinajstić information content (AvgIpc) is 3.39. The second-order valence-electron chi connectivity index (χ2n) is 11.2. The van der Waals surface area contributed by atoms with Gasteiger partial charge in [-0.2, -0.15) is 0 Å². The molecule has 0 N–H and O–H groups in total. The molecule has 0 aliphatic carbocycles. The van der Waals surface area contributed by atoms with E-state index < -0.39 is 5.60 Å². The van der Waals surface area contributed by atoms with Crippen LogP contribution in [0.15, 0.2) is 83.3 Å². The summed E-state index contributed by atoms with van der Waals surface area (Å²) >= 11 is 0. The van der Waals surface area contributed by atoms with E-state index in [1.165, 1.54) is 24.8 Å². The summed E-state index contributed by atoms with van der Waals surface area (Å²) in [4.78, 5) is 19.7. The van der Waals surface area contributed by atoms with Crippen molar-refractivity contribution in [1.82, 2.24) is 9.88 Å². The fraction of sp³-hybridized carbons (Fsp3) is 0.371. The predicted octanol–water partition coefficient (Wildman–Crippen LogP) is 7.13. The number of hydrogen-bond donors (Lipinski definition) is 0. The Kier molecular flexibility index (Phi) is 9.59. The van der Waals surface area contributed by atoms with Crippen LogP contribution in [0.3, 0.4) is 0 Å². The Morgan fingerprint density at radius 3 is 2.19 bits per heavy atom. The summed E-state index contributed by atoms with van der Waals surface area (Å²) in [5, 5.41) is 0. The second-order valence-corrected chi connectivity index (χ2v) is 11.2. The molecule has 42 heavy (non-hydrogen) atoms. The van der Waals surface area contributed by atoms with Crippen LogP contribution in [0.25, 0.3) is 22.6 Å². The summed E-state index contributed by atoms with van der Waals surface area (Å²) in [6.07, 6.45) is 4.34. The largest absolute Gasteiger partial charge is 0.493 e. The molecule has 0 spiro atoms. The smallest absolute Gasteiger partial charge is 0.349 e. The first-order valence-corrected chi connectivity index (χ1v) is 14.8. The molecule has 2 heterocycles. The molecule has 5 rings (SSSR count). The maximum Gasteiger partial charge on any atom is 0.349 e. The monoisotopic (exact) mass is 568 g/mol. The standard InChI is InChI=1S/C35H40N2O5/c1-26-32(36-33(41-26)29-14-12-28(13-15-29)27-10-6-4-7-11-27)20-24-39-30-16-18-31(19-17-30)42-35(2,3)34(38)40-25-23-37-21-8-5-9-22-37/h4,6-7,10-19H,5,8-9,20-25H2,1-3H3. The average molecular weight is 569 g/mol. The number of likely N-dealkylation sites (tertiary alicyclic amines) is 1. The van der Waals surface area contributed by atoms with E-state index in [2.05, 4.69) is 29.2 Å². The number of aryl methyl sites for hydroxylation is 1. The van der Waals surface area contributed by atoms with Crippen LogP contribution < -0.4 is 9.47 Å². The third kappa shape index (κ3) is 7.79. The quantitative estimate of drug-likeness (QED) is 0.168. The summed E-state index contributed by atoms with van der Waals surface area (Å²) in [5.41, 5.74) is 3.05. The molecule has 7 heteroatoms. The molecule has 4 aromatic rings. The first-order valence-electron chi connectivity index (χ1n) is 14.8. The van der Waals surface area contributed by atoms with Crippen LogP contribution in [0.1, 0.15) is 44.6 Å². The first-order chi connectivity index (χ1) is 20.4. The van der Waals surface area contributed by atoms with Gasteiger partial charge in [0.25, 0.3) is 0 Å². The van der Waals surface area contributed by atoms with Crippen molar-refractivity contribution in [3.8, 4) is 34.1 Å². The van der Waals surface area contributed by atoms with Crippen LogP contribution >= 0.6 is 0 Å². The summed E-state index contributed by atoms with van der Waals surface area (Å²) in [5.74, 6) is 2.32. The molecule has 0 amide bonds. The molecule has 0 bridgehead atoms. The Morgan fingerprint density at radius 2 is 1.48 bits per heavy atom. The molecule has 1 aliphatic heterocycles. The van der Waals surface area contributed by atoms with Gasteiger partial charge in [-0.3, -0.25) is 4.90 Å². The zero-order chi connectivity index (χ0) is 29.4. The summed E-state index contributed by atoms with van der Waals surface area (Å²) < 4.78 is 23.4. The van der Waals surface area contributed by atoms with Gasteiger partial charge in [0.15, 0.2) is 5.60 Å². The normalized spacial score (nSPS) is 14.0. The maximum atomic E-state index is 12.6. The number of piperidine rings is 1. The fourth-order valence-corrected chi connectivity index (χ4v) is 5.05. The van der Waals surface area contributed by atoms with E-state index in [4.69, 9.17) is 23.6 Å². The van der Waals surface area contributed by atoms with Crippen molar-refractivity contribution < 1.29 is 23.4 Å². The van der Waals surface area contributed by atoms with E-state index in [1.807, 2.05) is 49.4 Å². The second kappa shape index (κ2) is 13.7. The van der Waals surface area contributed by atoms with Crippen molar-refractivity contribution in [2.45, 2.75) is 52.1 Å². The zero-order valence-electron chi connectivity index (χ0n) is 24.8. The number of aromatic nitrogens is 1. The zero-order valence-corrected chi connectivity index (χ0v) is 24.8. The highest BCUT2D eigenvalue weighted by atomic mass is 16.6. The third-order valence-electron chi connectivity index (χ3n) is 7.52. The molecule has 1 fully saturated rings. The number of ether oxygens (including phenoxy) is 3.